The van der Waals surface area contributed by atoms with Gasteiger partial charge in [-0.2, -0.15) is 0 Å². The van der Waals surface area contributed by atoms with E-state index in [-0.39, 0.29) is 12.4 Å². The summed E-state index contributed by atoms with van der Waals surface area (Å²) in [5, 5.41) is 40.7. The van der Waals surface area contributed by atoms with E-state index in [1.165, 1.54) is 12.3 Å². The molecule has 3 aromatic rings. The lowest BCUT2D eigenvalue weighted by Crippen LogP contribution is -2.26. The minimum atomic E-state index is -1.08. The number of aliphatic hydroxyl groups is 3. The summed E-state index contributed by atoms with van der Waals surface area (Å²) in [5.41, 5.74) is 1.84. The lowest BCUT2D eigenvalue weighted by Gasteiger charge is -2.19. The lowest BCUT2D eigenvalue weighted by molar-refractivity contribution is 0.0849. The Bertz CT molecular complexity index is 1030. The number of nitrogens with zero attached hydrogens (tertiary/aromatic N) is 1. The van der Waals surface area contributed by atoms with Crippen LogP contribution in [0.2, 0.25) is 0 Å². The zero-order valence-electron chi connectivity index (χ0n) is 13.7. The Kier molecular flexibility index (Phi) is 4.08. The summed E-state index contributed by atoms with van der Waals surface area (Å²) in [6, 6.07) is 8.43. The molecule has 1 heterocycles. The van der Waals surface area contributed by atoms with Gasteiger partial charge in [-0.25, -0.2) is 4.98 Å². The highest BCUT2D eigenvalue weighted by Crippen LogP contribution is 2.34. The molecular formula is C20H17NO5. The number of benzene rings is 2. The number of allylic oxidation sites excluding steroid dienone is 2. The van der Waals surface area contributed by atoms with Gasteiger partial charge >= 0.3 is 0 Å². The first-order valence-electron chi connectivity index (χ1n) is 8.15. The van der Waals surface area contributed by atoms with E-state index < -0.39 is 12.2 Å². The molecule has 6 heteroatoms. The van der Waals surface area contributed by atoms with Gasteiger partial charge in [-0.3, -0.25) is 0 Å². The van der Waals surface area contributed by atoms with Crippen molar-refractivity contribution in [3.63, 3.8) is 0 Å². The molecule has 0 saturated heterocycles. The number of aromatic nitrogens is 1. The van der Waals surface area contributed by atoms with Gasteiger partial charge in [-0.1, -0.05) is 24.3 Å². The second-order valence-corrected chi connectivity index (χ2v) is 6.13. The van der Waals surface area contributed by atoms with Crippen molar-refractivity contribution in [1.29, 1.82) is 0 Å². The van der Waals surface area contributed by atoms with Crippen molar-refractivity contribution in [2.75, 3.05) is 0 Å². The molecule has 0 aliphatic heterocycles. The predicted octanol–water partition coefficient (Wildman–Crippen LogP) is 2.37. The number of hydrogen-bond acceptors (Lipinski definition) is 6. The first-order valence-corrected chi connectivity index (χ1v) is 8.15. The quantitative estimate of drug-likeness (QED) is 0.577. The topological polar surface area (TPSA) is 107 Å². The largest absolute Gasteiger partial charge is 0.508 e. The number of oxazole rings is 1. The highest BCUT2D eigenvalue weighted by Gasteiger charge is 2.25. The van der Waals surface area contributed by atoms with Crippen LogP contribution < -0.4 is 0 Å². The van der Waals surface area contributed by atoms with E-state index in [0.29, 0.717) is 33.7 Å². The fourth-order valence-corrected chi connectivity index (χ4v) is 3.14. The summed E-state index contributed by atoms with van der Waals surface area (Å²) >= 11 is 0. The average molecular weight is 351 g/mol. The fraction of sp³-hybridized carbons (Fsp3) is 0.150. The highest BCUT2D eigenvalue weighted by atomic mass is 16.4. The third kappa shape index (κ3) is 2.70. The SMILES string of the molecule is OCc1ccc(-c2ncc(C3=CC=CC(O)C3O)o2)c2ccc(O)cc12. The molecule has 0 saturated carbocycles. The fourth-order valence-electron chi connectivity index (χ4n) is 3.14. The van der Waals surface area contributed by atoms with Crippen molar-refractivity contribution >= 4 is 16.3 Å². The molecule has 0 radical (unpaired) electrons. The molecule has 4 N–H and O–H groups in total. The Morgan fingerprint density at radius 2 is 1.92 bits per heavy atom. The number of hydrogen-bond donors (Lipinski definition) is 4. The molecule has 2 atom stereocenters. The van der Waals surface area contributed by atoms with Gasteiger partial charge in [-0.15, -0.1) is 0 Å². The van der Waals surface area contributed by atoms with Crippen molar-refractivity contribution in [2.24, 2.45) is 0 Å². The second-order valence-electron chi connectivity index (χ2n) is 6.13. The maximum absolute atomic E-state index is 10.1. The van der Waals surface area contributed by atoms with E-state index >= 15 is 0 Å². The maximum Gasteiger partial charge on any atom is 0.227 e. The molecule has 6 nitrogen and oxygen atoms in total. The molecule has 132 valence electrons. The van der Waals surface area contributed by atoms with Crippen LogP contribution in [-0.2, 0) is 6.61 Å². The third-order valence-electron chi connectivity index (χ3n) is 4.51. The van der Waals surface area contributed by atoms with Gasteiger partial charge < -0.3 is 24.8 Å². The Hall–Kier alpha value is -2.93. The molecule has 0 fully saturated rings. The summed E-state index contributed by atoms with van der Waals surface area (Å²) in [6.45, 7) is -0.152. The summed E-state index contributed by atoms with van der Waals surface area (Å²) < 4.78 is 5.83. The van der Waals surface area contributed by atoms with Crippen LogP contribution in [0.25, 0.3) is 27.8 Å². The molecule has 0 bridgehead atoms. The van der Waals surface area contributed by atoms with Gasteiger partial charge in [0.05, 0.1) is 12.8 Å². The van der Waals surface area contributed by atoms with Crippen LogP contribution in [0.3, 0.4) is 0 Å². The zero-order valence-corrected chi connectivity index (χ0v) is 13.7. The molecule has 1 aromatic heterocycles. The molecule has 2 aromatic carbocycles. The van der Waals surface area contributed by atoms with Crippen LogP contribution in [0, 0.1) is 0 Å². The summed E-state index contributed by atoms with van der Waals surface area (Å²) in [5.74, 6) is 0.820. The van der Waals surface area contributed by atoms with Gasteiger partial charge in [-0.05, 0) is 40.6 Å². The monoisotopic (exact) mass is 351 g/mol. The number of fused-ring (bicyclic) bond motifs is 1. The van der Waals surface area contributed by atoms with Crippen LogP contribution >= 0.6 is 0 Å². The van der Waals surface area contributed by atoms with E-state index in [4.69, 9.17) is 4.42 Å². The summed E-state index contributed by atoms with van der Waals surface area (Å²) in [4.78, 5) is 4.30. The number of aromatic hydroxyl groups is 1. The summed E-state index contributed by atoms with van der Waals surface area (Å²) in [7, 11) is 0. The molecule has 26 heavy (non-hydrogen) atoms. The van der Waals surface area contributed by atoms with Crippen LogP contribution in [0.5, 0.6) is 5.75 Å². The van der Waals surface area contributed by atoms with E-state index in [1.807, 2.05) is 0 Å². The summed E-state index contributed by atoms with van der Waals surface area (Å²) in [6.07, 6.45) is 4.26. The van der Waals surface area contributed by atoms with E-state index in [0.717, 1.165) is 5.39 Å². The average Bonchev–Trinajstić information content (AvgIpc) is 3.12. The Labute approximate surface area is 149 Å². The van der Waals surface area contributed by atoms with Gasteiger partial charge in [0.2, 0.25) is 5.89 Å². The maximum atomic E-state index is 10.1. The smallest absolute Gasteiger partial charge is 0.227 e. The van der Waals surface area contributed by atoms with E-state index in [1.54, 1.807) is 42.5 Å². The number of phenols is 1. The Morgan fingerprint density at radius 1 is 1.08 bits per heavy atom. The standard InChI is InChI=1S/C20H17NO5/c22-10-11-4-6-14(13-7-5-12(23)8-16(11)13)20-21-9-18(26-20)15-2-1-3-17(24)19(15)25/h1-9,17,19,22-25H,10H2. The molecule has 0 spiro atoms. The molecule has 1 aliphatic carbocycles. The molecule has 1 aliphatic rings. The highest BCUT2D eigenvalue weighted by molar-refractivity contribution is 5.97. The normalized spacial score (nSPS) is 19.7. The minimum Gasteiger partial charge on any atom is -0.508 e. The second kappa shape index (κ2) is 6.42. The van der Waals surface area contributed by atoms with Gasteiger partial charge in [0.25, 0.3) is 0 Å². The van der Waals surface area contributed by atoms with Crippen molar-refractivity contribution in [3.05, 3.63) is 66.1 Å². The first-order chi connectivity index (χ1) is 12.6. The molecule has 4 rings (SSSR count). The van der Waals surface area contributed by atoms with Crippen LogP contribution in [0.15, 0.2) is 59.2 Å². The van der Waals surface area contributed by atoms with E-state index in [2.05, 4.69) is 4.98 Å². The lowest BCUT2D eigenvalue weighted by atomic mass is 9.98. The third-order valence-corrected chi connectivity index (χ3v) is 4.51. The molecular weight excluding hydrogens is 334 g/mol. The van der Waals surface area contributed by atoms with Crippen molar-refractivity contribution in [1.82, 2.24) is 4.98 Å². The predicted molar refractivity (Wildman–Crippen MR) is 96.2 cm³/mol. The Balaban J connectivity index is 1.82. The number of aliphatic hydroxyl groups excluding tert-OH is 3. The van der Waals surface area contributed by atoms with Crippen LogP contribution in [0.1, 0.15) is 11.3 Å². The number of rotatable bonds is 3. The van der Waals surface area contributed by atoms with Gasteiger partial charge in [0.15, 0.2) is 5.76 Å². The van der Waals surface area contributed by atoms with Crippen LogP contribution in [-0.4, -0.2) is 37.6 Å². The van der Waals surface area contributed by atoms with Crippen molar-refractivity contribution in [3.8, 4) is 17.2 Å². The van der Waals surface area contributed by atoms with Gasteiger partial charge in [0.1, 0.15) is 18.0 Å². The van der Waals surface area contributed by atoms with Crippen molar-refractivity contribution < 1.29 is 24.8 Å². The Morgan fingerprint density at radius 3 is 2.73 bits per heavy atom. The molecule has 0 amide bonds. The van der Waals surface area contributed by atoms with Gasteiger partial charge in [0, 0.05) is 11.1 Å². The van der Waals surface area contributed by atoms with Crippen LogP contribution in [0.4, 0.5) is 0 Å². The van der Waals surface area contributed by atoms with Crippen molar-refractivity contribution in [2.45, 2.75) is 18.8 Å². The molecule has 2 unspecified atom stereocenters. The van der Waals surface area contributed by atoms with E-state index in [9.17, 15) is 20.4 Å². The minimum absolute atomic E-state index is 0.105. The first kappa shape index (κ1) is 16.5. The zero-order chi connectivity index (χ0) is 18.3. The number of phenolic OH excluding ortho intramolecular Hbond substituents is 1.